The molecule has 0 saturated carbocycles. The molecule has 0 spiro atoms. The Hall–Kier alpha value is -3.55. The largest absolute Gasteiger partial charge is 0.438 e. The summed E-state index contributed by atoms with van der Waals surface area (Å²) in [5.41, 5.74) is 3.42. The molecule has 0 radical (unpaired) electrons. The maximum absolute atomic E-state index is 12.5. The van der Waals surface area contributed by atoms with Gasteiger partial charge in [0.2, 0.25) is 5.88 Å². The van der Waals surface area contributed by atoms with Crippen LogP contribution in [0.4, 0.5) is 0 Å². The minimum absolute atomic E-state index is 0.0453. The number of nitrogens with one attached hydrogen (secondary N) is 1. The number of Topliss-reactive ketones (excluding diaryl/α,β-unsaturated/α-hetero) is 1. The molecule has 0 atom stereocenters. The number of carbonyl (C=O) groups excluding carboxylic acids is 1. The van der Waals surface area contributed by atoms with E-state index in [4.69, 9.17) is 4.74 Å². The number of H-pyrrole nitrogens is 1. The quantitative estimate of drug-likeness (QED) is 0.459. The van der Waals surface area contributed by atoms with Crippen molar-refractivity contribution in [3.05, 3.63) is 59.8 Å². The van der Waals surface area contributed by atoms with E-state index in [1.54, 1.807) is 6.20 Å². The van der Waals surface area contributed by atoms with Crippen LogP contribution in [0.2, 0.25) is 0 Å². The molecule has 0 saturated heterocycles. The normalized spacial score (nSPS) is 11.9. The van der Waals surface area contributed by atoms with Crippen LogP contribution in [0.3, 0.4) is 0 Å². The van der Waals surface area contributed by atoms with E-state index in [2.05, 4.69) is 46.0 Å². The fourth-order valence-electron chi connectivity index (χ4n) is 3.43. The van der Waals surface area contributed by atoms with Gasteiger partial charge in [0.15, 0.2) is 5.65 Å². The van der Waals surface area contributed by atoms with Crippen molar-refractivity contribution in [3.8, 4) is 11.6 Å². The topological polar surface area (TPSA) is 98.6 Å². The molecule has 3 aromatic heterocycles. The van der Waals surface area contributed by atoms with Gasteiger partial charge >= 0.3 is 0 Å². The monoisotopic (exact) mass is 432 g/mol. The molecule has 0 fully saturated rings. The highest BCUT2D eigenvalue weighted by Gasteiger charge is 2.18. The van der Waals surface area contributed by atoms with Gasteiger partial charge < -0.3 is 4.74 Å². The van der Waals surface area contributed by atoms with Gasteiger partial charge in [-0.3, -0.25) is 9.89 Å². The van der Waals surface area contributed by atoms with E-state index in [0.29, 0.717) is 24.5 Å². The molecule has 4 rings (SSSR count). The van der Waals surface area contributed by atoms with Crippen molar-refractivity contribution < 1.29 is 9.53 Å². The molecule has 0 aliphatic heterocycles. The lowest BCUT2D eigenvalue weighted by Gasteiger charge is -2.13. The molecule has 1 aromatic carbocycles. The number of hydrogen-bond acceptors (Lipinski definition) is 6. The molecule has 0 aliphatic carbocycles. The van der Waals surface area contributed by atoms with Gasteiger partial charge in [0, 0.05) is 30.0 Å². The summed E-state index contributed by atoms with van der Waals surface area (Å²) in [7, 11) is 0. The van der Waals surface area contributed by atoms with Gasteiger partial charge in [0.1, 0.15) is 23.2 Å². The number of rotatable bonds is 7. The van der Waals surface area contributed by atoms with Crippen molar-refractivity contribution in [1.29, 1.82) is 0 Å². The van der Waals surface area contributed by atoms with Crippen molar-refractivity contribution in [3.63, 3.8) is 0 Å². The van der Waals surface area contributed by atoms with Gasteiger partial charge in [-0.15, -0.1) is 0 Å². The molecule has 0 unspecified atom stereocenters. The van der Waals surface area contributed by atoms with Crippen LogP contribution in [0.5, 0.6) is 11.6 Å². The lowest BCUT2D eigenvalue weighted by molar-refractivity contribution is -0.117. The number of nitrogens with zero attached hydrogens (tertiary/aromatic N) is 5. The van der Waals surface area contributed by atoms with E-state index in [9.17, 15) is 4.79 Å². The average molecular weight is 433 g/mol. The Morgan fingerprint density at radius 1 is 1.12 bits per heavy atom. The summed E-state index contributed by atoms with van der Waals surface area (Å²) >= 11 is 0. The number of aromatic nitrogens is 6. The Morgan fingerprint density at radius 2 is 1.88 bits per heavy atom. The summed E-state index contributed by atoms with van der Waals surface area (Å²) in [6, 6.07) is 9.65. The first kappa shape index (κ1) is 21.7. The smallest absolute Gasteiger partial charge is 0.233 e. The Morgan fingerprint density at radius 3 is 2.53 bits per heavy atom. The van der Waals surface area contributed by atoms with Crippen molar-refractivity contribution in [1.82, 2.24) is 29.9 Å². The molecule has 0 bridgehead atoms. The van der Waals surface area contributed by atoms with E-state index in [1.807, 2.05) is 48.9 Å². The van der Waals surface area contributed by atoms with Crippen molar-refractivity contribution >= 4 is 16.8 Å². The average Bonchev–Trinajstić information content (AvgIpc) is 3.37. The van der Waals surface area contributed by atoms with Gasteiger partial charge in [-0.25, -0.2) is 14.6 Å². The second kappa shape index (κ2) is 8.53. The minimum atomic E-state index is -0.0453. The van der Waals surface area contributed by atoms with Crippen LogP contribution in [0.15, 0.2) is 42.9 Å². The first-order valence-electron chi connectivity index (χ1n) is 10.7. The summed E-state index contributed by atoms with van der Waals surface area (Å²) in [4.78, 5) is 21.1. The first-order chi connectivity index (χ1) is 15.2. The Bertz CT molecular complexity index is 1230. The Labute approximate surface area is 187 Å². The predicted octanol–water partition coefficient (Wildman–Crippen LogP) is 4.57. The van der Waals surface area contributed by atoms with Crippen LogP contribution in [-0.2, 0) is 23.1 Å². The zero-order chi connectivity index (χ0) is 22.9. The molecule has 8 heteroatoms. The molecule has 1 N–H and O–H groups in total. The SMILES string of the molecule is CC(C)n1ncc2c(Oc3ccc(CC(=O)Cc4cc(C(C)(C)C)n[nH]4)cc3)ncnc21. The zero-order valence-electron chi connectivity index (χ0n) is 19.1. The van der Waals surface area contributed by atoms with E-state index in [0.717, 1.165) is 28.0 Å². The van der Waals surface area contributed by atoms with E-state index in [-0.39, 0.29) is 17.2 Å². The minimum Gasteiger partial charge on any atom is -0.438 e. The maximum atomic E-state index is 12.5. The highest BCUT2D eigenvalue weighted by atomic mass is 16.5. The van der Waals surface area contributed by atoms with Crippen molar-refractivity contribution in [2.75, 3.05) is 0 Å². The highest BCUT2D eigenvalue weighted by Crippen LogP contribution is 2.28. The molecular formula is C24H28N6O2. The van der Waals surface area contributed by atoms with Crippen molar-refractivity contribution in [2.45, 2.75) is 58.9 Å². The lowest BCUT2D eigenvalue weighted by Crippen LogP contribution is -2.11. The predicted molar refractivity (Wildman–Crippen MR) is 122 cm³/mol. The fourth-order valence-corrected chi connectivity index (χ4v) is 3.43. The third-order valence-corrected chi connectivity index (χ3v) is 5.17. The van der Waals surface area contributed by atoms with Gasteiger partial charge in [0.25, 0.3) is 0 Å². The summed E-state index contributed by atoms with van der Waals surface area (Å²) in [6.07, 6.45) is 3.88. The van der Waals surface area contributed by atoms with E-state index in [1.165, 1.54) is 6.33 Å². The molecule has 166 valence electrons. The number of hydrogen-bond donors (Lipinski definition) is 1. The molecule has 3 heterocycles. The van der Waals surface area contributed by atoms with E-state index >= 15 is 0 Å². The summed E-state index contributed by atoms with van der Waals surface area (Å²) in [6.45, 7) is 10.4. The second-order valence-corrected chi connectivity index (χ2v) is 9.27. The third-order valence-electron chi connectivity index (χ3n) is 5.17. The van der Waals surface area contributed by atoms with E-state index < -0.39 is 0 Å². The number of carbonyl (C=O) groups is 1. The number of benzene rings is 1. The Kier molecular flexibility index (Phi) is 5.78. The molecule has 8 nitrogen and oxygen atoms in total. The lowest BCUT2D eigenvalue weighted by atomic mass is 9.92. The van der Waals surface area contributed by atoms with Crippen molar-refractivity contribution in [2.24, 2.45) is 0 Å². The summed E-state index contributed by atoms with van der Waals surface area (Å²) in [5, 5.41) is 12.4. The van der Waals surface area contributed by atoms with Gasteiger partial charge in [-0.05, 0) is 37.6 Å². The molecule has 0 aliphatic rings. The van der Waals surface area contributed by atoms with Crippen LogP contribution >= 0.6 is 0 Å². The zero-order valence-corrected chi connectivity index (χ0v) is 19.1. The Balaban J connectivity index is 1.41. The highest BCUT2D eigenvalue weighted by molar-refractivity contribution is 5.83. The van der Waals surface area contributed by atoms with Crippen LogP contribution in [0, 0.1) is 0 Å². The molecule has 0 amide bonds. The van der Waals surface area contributed by atoms with Gasteiger partial charge in [0.05, 0.1) is 11.9 Å². The number of aromatic amines is 1. The number of ether oxygens (including phenoxy) is 1. The van der Waals surface area contributed by atoms with Crippen LogP contribution in [0.1, 0.15) is 57.6 Å². The maximum Gasteiger partial charge on any atom is 0.233 e. The first-order valence-corrected chi connectivity index (χ1v) is 10.7. The van der Waals surface area contributed by atoms with Crippen LogP contribution in [-0.4, -0.2) is 35.7 Å². The molecule has 4 aromatic rings. The summed E-state index contributed by atoms with van der Waals surface area (Å²) in [5.74, 6) is 1.22. The second-order valence-electron chi connectivity index (χ2n) is 9.27. The third kappa shape index (κ3) is 4.69. The standard InChI is InChI=1S/C24H28N6O2/c1-15(2)30-22-20(13-27-30)23(26-14-25-22)32-19-8-6-16(7-9-19)10-18(31)11-17-12-21(29-28-17)24(3,4)5/h6-9,12-15H,10-11H2,1-5H3,(H,28,29). The van der Waals surface area contributed by atoms with Crippen LogP contribution < -0.4 is 4.74 Å². The molecule has 32 heavy (non-hydrogen) atoms. The molecular weight excluding hydrogens is 404 g/mol. The van der Waals surface area contributed by atoms with Crippen LogP contribution in [0.25, 0.3) is 11.0 Å². The van der Waals surface area contributed by atoms with Gasteiger partial charge in [-0.2, -0.15) is 10.2 Å². The number of ketones is 1. The van der Waals surface area contributed by atoms with Gasteiger partial charge in [-0.1, -0.05) is 32.9 Å². The fraction of sp³-hybridized carbons (Fsp3) is 0.375. The summed E-state index contributed by atoms with van der Waals surface area (Å²) < 4.78 is 7.81. The number of fused-ring (bicyclic) bond motifs is 1.